The van der Waals surface area contributed by atoms with Crippen LogP contribution in [0.5, 0.6) is 0 Å². The van der Waals surface area contributed by atoms with Crippen LogP contribution in [-0.4, -0.2) is 74.0 Å². The van der Waals surface area contributed by atoms with Crippen molar-refractivity contribution < 1.29 is 19.1 Å². The third kappa shape index (κ3) is 8.93. The summed E-state index contributed by atoms with van der Waals surface area (Å²) < 4.78 is 5.06. The number of aromatic nitrogens is 1. The number of amides is 3. The number of benzene rings is 3. The van der Waals surface area contributed by atoms with E-state index in [1.165, 1.54) is 30.4 Å². The number of pyridine rings is 1. The highest BCUT2D eigenvalue weighted by atomic mass is 16.5. The Labute approximate surface area is 318 Å². The number of likely N-dealkylation sites (tertiary alicyclic amines) is 1. The summed E-state index contributed by atoms with van der Waals surface area (Å²) in [6.07, 6.45) is 9.87. The number of nitrogens with zero attached hydrogens (tertiary/aromatic N) is 3. The summed E-state index contributed by atoms with van der Waals surface area (Å²) in [5, 5.41) is 9.86. The molecule has 3 aliphatic rings. The number of methoxy groups -OCH3 is 1. The number of carbonyl (C=O) groups excluding carboxylic acids is 3. The molecular weight excluding hydrogens is 677 g/mol. The maximum Gasteiger partial charge on any atom is 0.253 e. The molecule has 1 aliphatic carbocycles. The third-order valence-corrected chi connectivity index (χ3v) is 11.0. The van der Waals surface area contributed by atoms with Gasteiger partial charge in [0.25, 0.3) is 11.8 Å². The highest BCUT2D eigenvalue weighted by Gasteiger charge is 2.29. The molecule has 0 saturated carbocycles. The maximum absolute atomic E-state index is 13.7. The van der Waals surface area contributed by atoms with Gasteiger partial charge in [0.05, 0.1) is 24.3 Å². The molecule has 3 aromatic carbocycles. The van der Waals surface area contributed by atoms with Gasteiger partial charge >= 0.3 is 0 Å². The number of fused-ring (bicyclic) bond motifs is 1. The molecule has 2 unspecified atom stereocenters. The summed E-state index contributed by atoms with van der Waals surface area (Å²) in [6.45, 7) is 4.48. The number of rotatable bonds is 12. The van der Waals surface area contributed by atoms with E-state index in [-0.39, 0.29) is 29.7 Å². The molecule has 54 heavy (non-hydrogen) atoms. The molecule has 0 bridgehead atoms. The van der Waals surface area contributed by atoms with Crippen molar-refractivity contribution in [2.45, 2.75) is 64.0 Å². The van der Waals surface area contributed by atoms with E-state index in [1.54, 1.807) is 24.3 Å². The van der Waals surface area contributed by atoms with E-state index in [0.717, 1.165) is 73.4 Å². The Morgan fingerprint density at radius 1 is 0.852 bits per heavy atom. The minimum absolute atomic E-state index is 0.0108. The van der Waals surface area contributed by atoms with Gasteiger partial charge in [-0.05, 0) is 111 Å². The smallest absolute Gasteiger partial charge is 0.253 e. The normalized spacial score (nSPS) is 18.4. The van der Waals surface area contributed by atoms with Crippen LogP contribution in [0.1, 0.15) is 88.4 Å². The number of nitrogens with one attached hydrogen (secondary N) is 3. The molecule has 2 aliphatic heterocycles. The zero-order valence-electron chi connectivity index (χ0n) is 31.3. The van der Waals surface area contributed by atoms with Crippen LogP contribution in [0.4, 0.5) is 11.4 Å². The molecule has 2 saturated heterocycles. The topological polar surface area (TPSA) is 116 Å². The molecule has 2 fully saturated rings. The number of ether oxygens (including phenoxy) is 1. The van der Waals surface area contributed by atoms with Crippen molar-refractivity contribution in [1.82, 2.24) is 20.5 Å². The molecule has 4 aromatic rings. The molecular formula is C44H52N6O4. The van der Waals surface area contributed by atoms with E-state index in [4.69, 9.17) is 9.72 Å². The number of carbonyl (C=O) groups is 3. The van der Waals surface area contributed by atoms with Crippen LogP contribution in [-0.2, 0) is 22.5 Å². The second kappa shape index (κ2) is 17.7. The Morgan fingerprint density at radius 2 is 1.72 bits per heavy atom. The first-order chi connectivity index (χ1) is 26.5. The SMILES string of the molecule is COCCNC(=O)C1CCCN(C(=O)c2cccc(CNc3ccc(N4CCCCC4)cc3-c3cc(C(=O)NC4CCCc5ccccc54)ccn3)c2)C1. The highest BCUT2D eigenvalue weighted by Crippen LogP contribution is 2.34. The summed E-state index contributed by atoms with van der Waals surface area (Å²) in [5.74, 6) is -0.415. The van der Waals surface area contributed by atoms with Gasteiger partial charge in [-0.15, -0.1) is 0 Å². The Hall–Kier alpha value is -5.22. The fourth-order valence-corrected chi connectivity index (χ4v) is 8.10. The fraction of sp³-hybridized carbons (Fsp3) is 0.409. The van der Waals surface area contributed by atoms with E-state index >= 15 is 0 Å². The predicted octanol–water partition coefficient (Wildman–Crippen LogP) is 6.77. The minimum atomic E-state index is -0.224. The van der Waals surface area contributed by atoms with Crippen LogP contribution in [0.25, 0.3) is 11.3 Å². The van der Waals surface area contributed by atoms with E-state index in [2.05, 4.69) is 57.2 Å². The molecule has 7 rings (SSSR count). The van der Waals surface area contributed by atoms with Crippen molar-refractivity contribution in [2.24, 2.45) is 5.92 Å². The molecule has 3 amide bonds. The number of anilines is 2. The maximum atomic E-state index is 13.7. The lowest BCUT2D eigenvalue weighted by Gasteiger charge is -2.32. The number of piperidine rings is 2. The highest BCUT2D eigenvalue weighted by molar-refractivity contribution is 5.96. The van der Waals surface area contributed by atoms with Crippen LogP contribution in [0, 0.1) is 5.92 Å². The van der Waals surface area contributed by atoms with E-state index in [9.17, 15) is 14.4 Å². The zero-order chi connectivity index (χ0) is 37.3. The van der Waals surface area contributed by atoms with E-state index in [0.29, 0.717) is 43.9 Å². The Balaban J connectivity index is 1.08. The largest absolute Gasteiger partial charge is 0.383 e. The van der Waals surface area contributed by atoms with Gasteiger partial charge in [-0.3, -0.25) is 19.4 Å². The lowest BCUT2D eigenvalue weighted by atomic mass is 9.87. The van der Waals surface area contributed by atoms with Crippen molar-refractivity contribution in [2.75, 3.05) is 56.7 Å². The van der Waals surface area contributed by atoms with Crippen molar-refractivity contribution >= 4 is 29.1 Å². The average Bonchev–Trinajstić information content (AvgIpc) is 3.23. The van der Waals surface area contributed by atoms with E-state index in [1.807, 2.05) is 36.4 Å². The second-order valence-electron chi connectivity index (χ2n) is 14.8. The van der Waals surface area contributed by atoms with Gasteiger partial charge in [-0.2, -0.15) is 0 Å². The van der Waals surface area contributed by atoms with Crippen molar-refractivity contribution in [3.63, 3.8) is 0 Å². The fourth-order valence-electron chi connectivity index (χ4n) is 8.10. The van der Waals surface area contributed by atoms with E-state index < -0.39 is 0 Å². The average molecular weight is 729 g/mol. The summed E-state index contributed by atoms with van der Waals surface area (Å²) in [4.78, 5) is 49.1. The van der Waals surface area contributed by atoms with Gasteiger partial charge in [0, 0.05) is 80.6 Å². The number of aryl methyl sites for hydroxylation is 1. The quantitative estimate of drug-likeness (QED) is 0.138. The monoisotopic (exact) mass is 728 g/mol. The third-order valence-electron chi connectivity index (χ3n) is 11.0. The second-order valence-corrected chi connectivity index (χ2v) is 14.8. The lowest BCUT2D eigenvalue weighted by molar-refractivity contribution is -0.126. The van der Waals surface area contributed by atoms with Crippen LogP contribution < -0.4 is 20.9 Å². The van der Waals surface area contributed by atoms with Gasteiger partial charge in [0.15, 0.2) is 0 Å². The van der Waals surface area contributed by atoms with Gasteiger partial charge < -0.3 is 30.5 Å². The molecule has 2 atom stereocenters. The molecule has 282 valence electrons. The standard InChI is InChI=1S/C44H52N6O4/c1-54-25-21-46-42(51)35-14-9-24-50(30-35)44(53)34-13-7-10-31(26-34)29-47-39-18-17-36(49-22-5-2-6-23-49)28-38(39)41-27-33(19-20-45-41)43(52)48-40-16-8-12-32-11-3-4-15-37(32)40/h3-4,7,10-11,13,15,17-20,26-28,35,40,47H,2,5-6,8-9,12,14,16,21-25,29-30H2,1H3,(H,46,51)(H,48,52). The summed E-state index contributed by atoms with van der Waals surface area (Å²) in [6, 6.07) is 26.2. The van der Waals surface area contributed by atoms with Crippen LogP contribution >= 0.6 is 0 Å². The first-order valence-electron chi connectivity index (χ1n) is 19.6. The van der Waals surface area contributed by atoms with Gasteiger partial charge in [-0.1, -0.05) is 36.4 Å². The van der Waals surface area contributed by atoms with Crippen molar-refractivity contribution in [1.29, 1.82) is 0 Å². The predicted molar refractivity (Wildman–Crippen MR) is 213 cm³/mol. The first kappa shape index (κ1) is 37.1. The summed E-state index contributed by atoms with van der Waals surface area (Å²) >= 11 is 0. The van der Waals surface area contributed by atoms with Crippen molar-refractivity contribution in [3.8, 4) is 11.3 Å². The van der Waals surface area contributed by atoms with Crippen LogP contribution in [0.2, 0.25) is 0 Å². The molecule has 0 radical (unpaired) electrons. The summed E-state index contributed by atoms with van der Waals surface area (Å²) in [5.41, 5.74) is 8.36. The van der Waals surface area contributed by atoms with Crippen LogP contribution in [0.15, 0.2) is 85.1 Å². The molecule has 1 aromatic heterocycles. The summed E-state index contributed by atoms with van der Waals surface area (Å²) in [7, 11) is 1.61. The molecule has 3 heterocycles. The molecule has 10 nitrogen and oxygen atoms in total. The number of hydrogen-bond acceptors (Lipinski definition) is 7. The molecule has 3 N–H and O–H groups in total. The Bertz CT molecular complexity index is 1940. The number of hydrogen-bond donors (Lipinski definition) is 3. The minimum Gasteiger partial charge on any atom is -0.383 e. The molecule has 0 spiro atoms. The van der Waals surface area contributed by atoms with Gasteiger partial charge in [-0.25, -0.2) is 0 Å². The molecule has 10 heteroatoms. The Kier molecular flexibility index (Phi) is 12.2. The van der Waals surface area contributed by atoms with Gasteiger partial charge in [0.2, 0.25) is 5.91 Å². The first-order valence-corrected chi connectivity index (χ1v) is 19.6. The zero-order valence-corrected chi connectivity index (χ0v) is 31.3. The van der Waals surface area contributed by atoms with Gasteiger partial charge in [0.1, 0.15) is 0 Å². The Morgan fingerprint density at radius 3 is 2.59 bits per heavy atom. The van der Waals surface area contributed by atoms with Crippen molar-refractivity contribution in [3.05, 3.63) is 113 Å². The van der Waals surface area contributed by atoms with Crippen LogP contribution in [0.3, 0.4) is 0 Å². The lowest BCUT2D eigenvalue weighted by Crippen LogP contribution is -2.46.